The van der Waals surface area contributed by atoms with E-state index in [1.54, 1.807) is 5.48 Å². The third-order valence-electron chi connectivity index (χ3n) is 3.37. The van der Waals surface area contributed by atoms with Crippen LogP contribution in [0.1, 0.15) is 31.2 Å². The molecule has 1 amide bonds. The lowest BCUT2D eigenvalue weighted by Gasteiger charge is -2.09. The Labute approximate surface area is 131 Å². The summed E-state index contributed by atoms with van der Waals surface area (Å²) in [6.07, 6.45) is 3.00. The number of aryl methyl sites for hydroxylation is 2. The highest BCUT2D eigenvalue weighted by molar-refractivity contribution is 9.10. The van der Waals surface area contributed by atoms with E-state index >= 15 is 0 Å². The van der Waals surface area contributed by atoms with E-state index in [9.17, 15) is 4.79 Å². The van der Waals surface area contributed by atoms with Gasteiger partial charge in [-0.15, -0.1) is 0 Å². The van der Waals surface area contributed by atoms with Crippen molar-refractivity contribution in [2.24, 2.45) is 0 Å². The fourth-order valence-electron chi connectivity index (χ4n) is 2.25. The third kappa shape index (κ3) is 3.36. The van der Waals surface area contributed by atoms with Gasteiger partial charge in [-0.05, 0) is 47.8 Å². The number of anilines is 1. The highest BCUT2D eigenvalue weighted by Crippen LogP contribution is 2.25. The molecule has 2 aromatic heterocycles. The van der Waals surface area contributed by atoms with Gasteiger partial charge in [0.25, 0.3) is 5.91 Å². The zero-order valence-electron chi connectivity index (χ0n) is 12.1. The number of carbonyl (C=O) groups is 1. The van der Waals surface area contributed by atoms with Gasteiger partial charge in [-0.25, -0.2) is 10.5 Å². The van der Waals surface area contributed by atoms with Crippen LogP contribution in [0.15, 0.2) is 16.6 Å². The Morgan fingerprint density at radius 3 is 2.90 bits per heavy atom. The summed E-state index contributed by atoms with van der Waals surface area (Å²) in [5.41, 5.74) is 4.58. The molecule has 7 heteroatoms. The van der Waals surface area contributed by atoms with Gasteiger partial charge < -0.3 is 5.32 Å². The van der Waals surface area contributed by atoms with Crippen LogP contribution in [-0.2, 0) is 11.2 Å². The van der Waals surface area contributed by atoms with Crippen molar-refractivity contribution in [1.29, 1.82) is 0 Å². The molecule has 0 spiro atoms. The molecule has 0 fully saturated rings. The molecule has 6 nitrogen and oxygen atoms in total. The minimum Gasteiger partial charge on any atom is -0.359 e. The first-order chi connectivity index (χ1) is 10.1. The Bertz CT molecular complexity index is 654. The van der Waals surface area contributed by atoms with Gasteiger partial charge in [-0.2, -0.15) is 0 Å². The van der Waals surface area contributed by atoms with Crippen molar-refractivity contribution in [1.82, 2.24) is 14.9 Å². The number of carbonyl (C=O) groups excluding carboxylic acids is 1. The number of amides is 1. The van der Waals surface area contributed by atoms with E-state index in [0.717, 1.165) is 40.8 Å². The van der Waals surface area contributed by atoms with Crippen molar-refractivity contribution >= 4 is 33.3 Å². The van der Waals surface area contributed by atoms with E-state index in [1.807, 2.05) is 19.1 Å². The average Bonchev–Trinajstić information content (AvgIpc) is 2.84. The molecular weight excluding hydrogens is 336 g/mol. The molecule has 0 aliphatic heterocycles. The largest absolute Gasteiger partial charge is 0.359 e. The zero-order valence-corrected chi connectivity index (χ0v) is 13.7. The summed E-state index contributed by atoms with van der Waals surface area (Å²) in [7, 11) is 0. The van der Waals surface area contributed by atoms with Gasteiger partial charge in [0.15, 0.2) is 0 Å². The average molecular weight is 355 g/mol. The van der Waals surface area contributed by atoms with Gasteiger partial charge in [0.2, 0.25) is 0 Å². The Morgan fingerprint density at radius 2 is 2.24 bits per heavy atom. The fraction of sp³-hybridized carbons (Fsp3) is 0.429. The zero-order chi connectivity index (χ0) is 15.4. The molecule has 0 atom stereocenters. The highest BCUT2D eigenvalue weighted by Gasteiger charge is 2.15. The number of halogens is 1. The molecular formula is C14H19BrN4O2. The van der Waals surface area contributed by atoms with Crippen LogP contribution < -0.4 is 10.8 Å². The standard InChI is InChI=1S/C14H19BrN4O2/c1-3-4-5-11-14(16-8-13(20)18-21)17-12-7-6-10(15)9(2)19(11)12/h6-7,16,21H,3-5,8H2,1-2H3,(H,18,20). The number of aromatic nitrogens is 2. The van der Waals surface area contributed by atoms with Crippen LogP contribution in [0.4, 0.5) is 5.82 Å². The Balaban J connectivity index is 2.43. The Morgan fingerprint density at radius 1 is 1.48 bits per heavy atom. The van der Waals surface area contributed by atoms with Crippen molar-refractivity contribution in [3.05, 3.63) is 28.0 Å². The van der Waals surface area contributed by atoms with Crippen LogP contribution in [0.3, 0.4) is 0 Å². The minimum atomic E-state index is -0.494. The van der Waals surface area contributed by atoms with E-state index in [2.05, 4.69) is 37.6 Å². The van der Waals surface area contributed by atoms with E-state index in [-0.39, 0.29) is 6.54 Å². The molecule has 0 radical (unpaired) electrons. The van der Waals surface area contributed by atoms with Gasteiger partial charge in [0.05, 0.1) is 12.2 Å². The lowest BCUT2D eigenvalue weighted by atomic mass is 10.2. The lowest BCUT2D eigenvalue weighted by Crippen LogP contribution is -2.27. The maximum Gasteiger partial charge on any atom is 0.262 e. The Hall–Kier alpha value is -1.60. The number of pyridine rings is 1. The summed E-state index contributed by atoms with van der Waals surface area (Å²) in [5, 5.41) is 11.6. The topological polar surface area (TPSA) is 78.7 Å². The van der Waals surface area contributed by atoms with E-state index in [0.29, 0.717) is 5.82 Å². The molecule has 0 aliphatic carbocycles. The van der Waals surface area contributed by atoms with Gasteiger partial charge in [0, 0.05) is 10.2 Å². The Kier molecular flexibility index (Phi) is 5.19. The summed E-state index contributed by atoms with van der Waals surface area (Å²) in [4.78, 5) is 15.7. The molecule has 0 aromatic carbocycles. The number of unbranched alkanes of at least 4 members (excludes halogenated alkanes) is 1. The SMILES string of the molecule is CCCCc1c(NCC(=O)NO)nc2ccc(Br)c(C)n12. The van der Waals surface area contributed by atoms with Crippen LogP contribution in [-0.4, -0.2) is 27.0 Å². The second kappa shape index (κ2) is 6.91. The van der Waals surface area contributed by atoms with Crippen LogP contribution in [0, 0.1) is 6.92 Å². The summed E-state index contributed by atoms with van der Waals surface area (Å²) >= 11 is 3.54. The number of nitrogens with zero attached hydrogens (tertiary/aromatic N) is 2. The molecule has 21 heavy (non-hydrogen) atoms. The normalized spacial score (nSPS) is 10.9. The summed E-state index contributed by atoms with van der Waals surface area (Å²) in [6.45, 7) is 4.15. The molecule has 3 N–H and O–H groups in total. The number of fused-ring (bicyclic) bond motifs is 1. The van der Waals surface area contributed by atoms with Gasteiger partial charge >= 0.3 is 0 Å². The van der Waals surface area contributed by atoms with Crippen molar-refractivity contribution < 1.29 is 10.0 Å². The number of rotatable bonds is 6. The van der Waals surface area contributed by atoms with E-state index in [1.165, 1.54) is 0 Å². The molecule has 2 heterocycles. The predicted octanol–water partition coefficient (Wildman–Crippen LogP) is 2.67. The minimum absolute atomic E-state index is 0.0142. The van der Waals surface area contributed by atoms with E-state index in [4.69, 9.17) is 5.21 Å². The van der Waals surface area contributed by atoms with Crippen LogP contribution in [0.5, 0.6) is 0 Å². The number of nitrogens with one attached hydrogen (secondary N) is 2. The lowest BCUT2D eigenvalue weighted by molar-refractivity contribution is -0.127. The smallest absolute Gasteiger partial charge is 0.262 e. The van der Waals surface area contributed by atoms with Crippen molar-refractivity contribution in [2.75, 3.05) is 11.9 Å². The van der Waals surface area contributed by atoms with Crippen LogP contribution >= 0.6 is 15.9 Å². The maximum atomic E-state index is 11.2. The first kappa shape index (κ1) is 15.8. The number of hydroxylamine groups is 1. The quantitative estimate of drug-likeness (QED) is 0.550. The van der Waals surface area contributed by atoms with Crippen LogP contribution in [0.25, 0.3) is 5.65 Å². The number of hydrogen-bond donors (Lipinski definition) is 3. The van der Waals surface area contributed by atoms with Crippen LogP contribution in [0.2, 0.25) is 0 Å². The van der Waals surface area contributed by atoms with Crippen molar-refractivity contribution in [3.8, 4) is 0 Å². The molecule has 2 rings (SSSR count). The summed E-state index contributed by atoms with van der Waals surface area (Å²) in [5.74, 6) is 0.194. The second-order valence-corrected chi connectivity index (χ2v) is 5.71. The predicted molar refractivity (Wildman–Crippen MR) is 84.7 cm³/mol. The number of imidazole rings is 1. The molecule has 0 unspecified atom stereocenters. The highest BCUT2D eigenvalue weighted by atomic mass is 79.9. The van der Waals surface area contributed by atoms with E-state index < -0.39 is 5.91 Å². The molecule has 0 bridgehead atoms. The third-order valence-corrected chi connectivity index (χ3v) is 4.20. The monoisotopic (exact) mass is 354 g/mol. The first-order valence-corrected chi connectivity index (χ1v) is 7.71. The molecule has 0 saturated heterocycles. The van der Waals surface area contributed by atoms with Crippen molar-refractivity contribution in [3.63, 3.8) is 0 Å². The molecule has 0 aliphatic rings. The molecule has 0 saturated carbocycles. The van der Waals surface area contributed by atoms with Crippen molar-refractivity contribution in [2.45, 2.75) is 33.1 Å². The van der Waals surface area contributed by atoms with Gasteiger partial charge in [0.1, 0.15) is 11.5 Å². The second-order valence-electron chi connectivity index (χ2n) is 4.86. The van der Waals surface area contributed by atoms with Gasteiger partial charge in [-0.3, -0.25) is 14.4 Å². The molecule has 2 aromatic rings. The van der Waals surface area contributed by atoms with Gasteiger partial charge in [-0.1, -0.05) is 13.3 Å². The summed E-state index contributed by atoms with van der Waals surface area (Å²) in [6, 6.07) is 3.90. The fourth-order valence-corrected chi connectivity index (χ4v) is 2.56. The first-order valence-electron chi connectivity index (χ1n) is 6.91. The summed E-state index contributed by atoms with van der Waals surface area (Å²) < 4.78 is 3.11. The molecule has 114 valence electrons. The maximum absolute atomic E-state index is 11.2. The number of hydrogen-bond acceptors (Lipinski definition) is 4.